The second-order valence-electron chi connectivity index (χ2n) is 5.25. The van der Waals surface area contributed by atoms with Gasteiger partial charge in [0.1, 0.15) is 5.54 Å². The van der Waals surface area contributed by atoms with Crippen molar-refractivity contribution in [2.75, 3.05) is 12.4 Å². The third-order valence-electron chi connectivity index (χ3n) is 3.75. The van der Waals surface area contributed by atoms with E-state index in [0.29, 0.717) is 17.9 Å². The standard InChI is InChI=1S/C13H23NO2S/c1-3-16-12(15)13(8-10(2)17-9-13)14-11-6-4-5-7-11/h10-11,14H,3-9H2,1-2H3. The van der Waals surface area contributed by atoms with Crippen LogP contribution in [0.3, 0.4) is 0 Å². The van der Waals surface area contributed by atoms with Crippen molar-refractivity contribution in [2.45, 2.75) is 62.8 Å². The van der Waals surface area contributed by atoms with E-state index in [0.717, 1.165) is 12.2 Å². The number of hydrogen-bond donors (Lipinski definition) is 1. The Kier molecular flexibility index (Phi) is 4.36. The molecule has 0 aromatic rings. The number of thioether (sulfide) groups is 1. The van der Waals surface area contributed by atoms with Gasteiger partial charge >= 0.3 is 5.97 Å². The van der Waals surface area contributed by atoms with Crippen molar-refractivity contribution >= 4 is 17.7 Å². The number of rotatable bonds is 4. The van der Waals surface area contributed by atoms with Gasteiger partial charge in [-0.15, -0.1) is 0 Å². The molecule has 1 N–H and O–H groups in total. The molecule has 1 saturated heterocycles. The molecule has 2 unspecified atom stereocenters. The molecule has 2 fully saturated rings. The summed E-state index contributed by atoms with van der Waals surface area (Å²) >= 11 is 1.88. The van der Waals surface area contributed by atoms with Crippen molar-refractivity contribution in [3.63, 3.8) is 0 Å². The Morgan fingerprint density at radius 1 is 1.47 bits per heavy atom. The second-order valence-corrected chi connectivity index (χ2v) is 6.68. The third kappa shape index (κ3) is 2.97. The average molecular weight is 257 g/mol. The summed E-state index contributed by atoms with van der Waals surface area (Å²) < 4.78 is 5.27. The molecule has 0 amide bonds. The van der Waals surface area contributed by atoms with Crippen molar-refractivity contribution in [3.05, 3.63) is 0 Å². The smallest absolute Gasteiger partial charge is 0.327 e. The van der Waals surface area contributed by atoms with Crippen molar-refractivity contribution in [1.29, 1.82) is 0 Å². The zero-order chi connectivity index (χ0) is 12.3. The summed E-state index contributed by atoms with van der Waals surface area (Å²) in [7, 11) is 0. The van der Waals surface area contributed by atoms with Gasteiger partial charge in [0.05, 0.1) is 6.61 Å². The van der Waals surface area contributed by atoms with Gasteiger partial charge in [0.25, 0.3) is 0 Å². The van der Waals surface area contributed by atoms with Crippen molar-refractivity contribution in [2.24, 2.45) is 0 Å². The van der Waals surface area contributed by atoms with E-state index in [1.165, 1.54) is 25.7 Å². The zero-order valence-electron chi connectivity index (χ0n) is 10.8. The fourth-order valence-electron chi connectivity index (χ4n) is 2.92. The maximum atomic E-state index is 12.2. The lowest BCUT2D eigenvalue weighted by molar-refractivity contribution is -0.150. The molecule has 2 atom stereocenters. The van der Waals surface area contributed by atoms with Crippen LogP contribution in [-0.2, 0) is 9.53 Å². The topological polar surface area (TPSA) is 38.3 Å². The number of esters is 1. The summed E-state index contributed by atoms with van der Waals surface area (Å²) in [6, 6.07) is 0.519. The Labute approximate surface area is 108 Å². The Balaban J connectivity index is 2.03. The quantitative estimate of drug-likeness (QED) is 0.785. The molecule has 0 spiro atoms. The van der Waals surface area contributed by atoms with E-state index < -0.39 is 5.54 Å². The molecule has 98 valence electrons. The van der Waals surface area contributed by atoms with E-state index in [-0.39, 0.29) is 5.97 Å². The Morgan fingerprint density at radius 3 is 2.71 bits per heavy atom. The number of carbonyl (C=O) groups excluding carboxylic acids is 1. The van der Waals surface area contributed by atoms with Gasteiger partial charge < -0.3 is 4.74 Å². The van der Waals surface area contributed by atoms with Gasteiger partial charge in [-0.25, -0.2) is 0 Å². The summed E-state index contributed by atoms with van der Waals surface area (Å²) in [5.41, 5.74) is -0.408. The molecule has 1 aliphatic heterocycles. The van der Waals surface area contributed by atoms with Crippen LogP contribution in [0, 0.1) is 0 Å². The molecule has 1 aliphatic carbocycles. The molecule has 0 aromatic heterocycles. The first kappa shape index (κ1) is 13.2. The van der Waals surface area contributed by atoms with E-state index in [9.17, 15) is 4.79 Å². The zero-order valence-corrected chi connectivity index (χ0v) is 11.6. The monoisotopic (exact) mass is 257 g/mol. The first-order valence-electron chi connectivity index (χ1n) is 6.73. The summed E-state index contributed by atoms with van der Waals surface area (Å²) in [5, 5.41) is 4.16. The van der Waals surface area contributed by atoms with Crippen LogP contribution in [0.1, 0.15) is 46.0 Å². The fraction of sp³-hybridized carbons (Fsp3) is 0.923. The maximum absolute atomic E-state index is 12.2. The van der Waals surface area contributed by atoms with Crippen LogP contribution < -0.4 is 5.32 Å². The summed E-state index contributed by atoms with van der Waals surface area (Å²) in [6.07, 6.45) is 5.91. The molecule has 1 heterocycles. The van der Waals surface area contributed by atoms with Crippen LogP contribution in [-0.4, -0.2) is 35.2 Å². The minimum atomic E-state index is -0.408. The van der Waals surface area contributed by atoms with Gasteiger partial charge in [-0.1, -0.05) is 19.8 Å². The molecule has 3 nitrogen and oxygen atoms in total. The lowest BCUT2D eigenvalue weighted by atomic mass is 9.94. The molecular weight excluding hydrogens is 234 g/mol. The lowest BCUT2D eigenvalue weighted by Crippen LogP contribution is -2.56. The predicted octanol–water partition coefficient (Wildman–Crippen LogP) is 2.35. The van der Waals surface area contributed by atoms with Gasteiger partial charge in [0.15, 0.2) is 0 Å². The minimum Gasteiger partial charge on any atom is -0.465 e. The van der Waals surface area contributed by atoms with E-state index >= 15 is 0 Å². The molecule has 2 aliphatic rings. The first-order chi connectivity index (χ1) is 8.16. The number of hydrogen-bond acceptors (Lipinski definition) is 4. The van der Waals surface area contributed by atoms with Gasteiger partial charge in [0.2, 0.25) is 0 Å². The maximum Gasteiger partial charge on any atom is 0.327 e. The summed E-state index contributed by atoms with van der Waals surface area (Å²) in [6.45, 7) is 4.56. The van der Waals surface area contributed by atoms with Crippen molar-refractivity contribution < 1.29 is 9.53 Å². The van der Waals surface area contributed by atoms with Crippen LogP contribution in [0.5, 0.6) is 0 Å². The lowest BCUT2D eigenvalue weighted by Gasteiger charge is -2.30. The molecular formula is C13H23NO2S. The van der Waals surface area contributed by atoms with Gasteiger partial charge in [-0.2, -0.15) is 11.8 Å². The highest BCUT2D eigenvalue weighted by atomic mass is 32.2. The van der Waals surface area contributed by atoms with Crippen molar-refractivity contribution in [3.8, 4) is 0 Å². The van der Waals surface area contributed by atoms with E-state index in [1.807, 2.05) is 18.7 Å². The third-order valence-corrected chi connectivity index (χ3v) is 5.15. The second kappa shape index (κ2) is 5.61. The van der Waals surface area contributed by atoms with Crippen LogP contribution in [0.25, 0.3) is 0 Å². The van der Waals surface area contributed by atoms with Crippen molar-refractivity contribution in [1.82, 2.24) is 5.32 Å². The van der Waals surface area contributed by atoms with Crippen LogP contribution in [0.4, 0.5) is 0 Å². The molecule has 0 aromatic carbocycles. The highest BCUT2D eigenvalue weighted by molar-refractivity contribution is 8.00. The molecule has 1 saturated carbocycles. The SMILES string of the molecule is CCOC(=O)C1(NC2CCCC2)CSC(C)C1. The van der Waals surface area contributed by atoms with E-state index in [1.54, 1.807) is 0 Å². The van der Waals surface area contributed by atoms with Gasteiger partial charge in [0, 0.05) is 17.0 Å². The molecule has 4 heteroatoms. The van der Waals surface area contributed by atoms with Gasteiger partial charge in [-0.3, -0.25) is 10.1 Å². The highest BCUT2D eigenvalue weighted by Crippen LogP contribution is 2.37. The molecule has 0 radical (unpaired) electrons. The first-order valence-corrected chi connectivity index (χ1v) is 7.78. The Morgan fingerprint density at radius 2 is 2.18 bits per heavy atom. The van der Waals surface area contributed by atoms with Crippen LogP contribution in [0.2, 0.25) is 0 Å². The van der Waals surface area contributed by atoms with E-state index in [2.05, 4.69) is 12.2 Å². The summed E-state index contributed by atoms with van der Waals surface area (Å²) in [4.78, 5) is 12.2. The molecule has 17 heavy (non-hydrogen) atoms. The molecule has 2 rings (SSSR count). The summed E-state index contributed by atoms with van der Waals surface area (Å²) in [5.74, 6) is 0.826. The van der Waals surface area contributed by atoms with Crippen LogP contribution in [0.15, 0.2) is 0 Å². The number of nitrogens with one attached hydrogen (secondary N) is 1. The van der Waals surface area contributed by atoms with Gasteiger partial charge in [-0.05, 0) is 26.2 Å². The number of ether oxygens (including phenoxy) is 1. The van der Waals surface area contributed by atoms with E-state index in [4.69, 9.17) is 4.74 Å². The van der Waals surface area contributed by atoms with Crippen LogP contribution >= 0.6 is 11.8 Å². The Hall–Kier alpha value is -0.220. The predicted molar refractivity (Wildman–Crippen MR) is 71.3 cm³/mol. The highest BCUT2D eigenvalue weighted by Gasteiger charge is 2.47. The fourth-order valence-corrected chi connectivity index (χ4v) is 4.22. The molecule has 0 bridgehead atoms. The largest absolute Gasteiger partial charge is 0.465 e. The average Bonchev–Trinajstić information content (AvgIpc) is 2.90. The number of carbonyl (C=O) groups is 1. The normalized spacial score (nSPS) is 34.1. The minimum absolute atomic E-state index is 0.0382. The Bertz CT molecular complexity index is 279.